The van der Waals surface area contributed by atoms with Gasteiger partial charge in [0.2, 0.25) is 0 Å². The predicted octanol–water partition coefficient (Wildman–Crippen LogP) is 6.12. The second kappa shape index (κ2) is 9.95. The van der Waals surface area contributed by atoms with Crippen LogP contribution in [-0.2, 0) is 14.3 Å². The van der Waals surface area contributed by atoms with Crippen LogP contribution in [0, 0.1) is 19.3 Å². The Balaban J connectivity index is 2.30. The van der Waals surface area contributed by atoms with Crippen molar-refractivity contribution in [1.29, 1.82) is 0 Å². The van der Waals surface area contributed by atoms with Crippen LogP contribution in [0.5, 0.6) is 5.75 Å². The number of aromatic nitrogens is 1. The number of hydrogen-bond acceptors (Lipinski definition) is 6. The molecule has 0 saturated carbocycles. The molecule has 2 heterocycles. The molecule has 0 spiro atoms. The molecule has 34 heavy (non-hydrogen) atoms. The van der Waals surface area contributed by atoms with E-state index < -0.39 is 17.7 Å². The van der Waals surface area contributed by atoms with E-state index in [1.54, 1.807) is 12.1 Å². The number of phenols is 1. The molecule has 1 aliphatic heterocycles. The maximum absolute atomic E-state index is 13.3. The van der Waals surface area contributed by atoms with Gasteiger partial charge in [-0.25, -0.2) is 4.79 Å². The smallest absolute Gasteiger partial charge is 0.340 e. The van der Waals surface area contributed by atoms with Gasteiger partial charge >= 0.3 is 5.97 Å². The van der Waals surface area contributed by atoms with Crippen LogP contribution in [-0.4, -0.2) is 41.4 Å². The fourth-order valence-electron chi connectivity index (χ4n) is 4.59. The van der Waals surface area contributed by atoms with Crippen LogP contribution < -0.4 is 4.90 Å². The van der Waals surface area contributed by atoms with Gasteiger partial charge in [-0.2, -0.15) is 0 Å². The average Bonchev–Trinajstić information content (AvgIpc) is 2.72. The Morgan fingerprint density at radius 1 is 1.12 bits per heavy atom. The third kappa shape index (κ3) is 5.90. The lowest BCUT2D eigenvalue weighted by atomic mass is 9.82. The summed E-state index contributed by atoms with van der Waals surface area (Å²) in [5.74, 6) is -0.190. The number of carbonyl (C=O) groups is 1. The molecule has 1 atom stereocenters. The number of aromatic hydroxyl groups is 1. The van der Waals surface area contributed by atoms with Gasteiger partial charge in [-0.3, -0.25) is 4.98 Å². The standard InChI is InChI=1S/C28H40N2O4/c1-9-33-26(32)25(34-27(4,5)6)23-19(3)29-18(2)22(20-10-12-21(31)13-11-20)24(23)30-16-14-28(7,8)15-17-30/h10-13,25,31H,9,14-17H2,1-8H3. The number of phenolic OH excluding ortho intramolecular Hbond substituents is 1. The number of aryl methyl sites for hydroxylation is 2. The van der Waals surface area contributed by atoms with Gasteiger partial charge in [0, 0.05) is 35.6 Å². The van der Waals surface area contributed by atoms with Crippen molar-refractivity contribution in [1.82, 2.24) is 4.98 Å². The summed E-state index contributed by atoms with van der Waals surface area (Å²) in [6, 6.07) is 7.18. The summed E-state index contributed by atoms with van der Waals surface area (Å²) in [7, 11) is 0. The predicted molar refractivity (Wildman–Crippen MR) is 136 cm³/mol. The molecular formula is C28H40N2O4. The van der Waals surface area contributed by atoms with E-state index in [0.29, 0.717) is 0 Å². The lowest BCUT2D eigenvalue weighted by molar-refractivity contribution is -0.166. The molecule has 0 radical (unpaired) electrons. The quantitative estimate of drug-likeness (QED) is 0.515. The van der Waals surface area contributed by atoms with Gasteiger partial charge in [-0.1, -0.05) is 26.0 Å². The average molecular weight is 469 g/mol. The summed E-state index contributed by atoms with van der Waals surface area (Å²) >= 11 is 0. The minimum Gasteiger partial charge on any atom is -0.508 e. The number of hydrogen-bond donors (Lipinski definition) is 1. The molecular weight excluding hydrogens is 428 g/mol. The number of benzene rings is 1. The summed E-state index contributed by atoms with van der Waals surface area (Å²) in [6.45, 7) is 18.2. The molecule has 1 unspecified atom stereocenters. The van der Waals surface area contributed by atoms with Crippen molar-refractivity contribution < 1.29 is 19.4 Å². The lowest BCUT2D eigenvalue weighted by Gasteiger charge is -2.41. The monoisotopic (exact) mass is 468 g/mol. The van der Waals surface area contributed by atoms with E-state index in [1.165, 1.54) is 0 Å². The summed E-state index contributed by atoms with van der Waals surface area (Å²) in [5, 5.41) is 9.89. The summed E-state index contributed by atoms with van der Waals surface area (Å²) < 4.78 is 11.8. The zero-order valence-corrected chi connectivity index (χ0v) is 22.0. The first-order chi connectivity index (χ1) is 15.8. The summed E-state index contributed by atoms with van der Waals surface area (Å²) in [4.78, 5) is 20.5. The lowest BCUT2D eigenvalue weighted by Crippen LogP contribution is -2.39. The SMILES string of the molecule is CCOC(=O)C(OC(C)(C)C)c1c(C)nc(C)c(-c2ccc(O)cc2)c1N1CCC(C)(C)CC1. The van der Waals surface area contributed by atoms with E-state index in [9.17, 15) is 9.90 Å². The normalized spacial score (nSPS) is 16.9. The zero-order valence-electron chi connectivity index (χ0n) is 22.0. The van der Waals surface area contributed by atoms with Gasteiger partial charge in [0.25, 0.3) is 0 Å². The van der Waals surface area contributed by atoms with Crippen molar-refractivity contribution in [3.05, 3.63) is 41.2 Å². The number of esters is 1. The highest BCUT2D eigenvalue weighted by atomic mass is 16.6. The van der Waals surface area contributed by atoms with Crippen LogP contribution in [0.3, 0.4) is 0 Å². The Morgan fingerprint density at radius 2 is 1.71 bits per heavy atom. The van der Waals surface area contributed by atoms with Crippen LogP contribution in [0.4, 0.5) is 5.69 Å². The van der Waals surface area contributed by atoms with Crippen molar-refractivity contribution in [2.24, 2.45) is 5.41 Å². The van der Waals surface area contributed by atoms with Crippen LogP contribution in [0.2, 0.25) is 0 Å². The summed E-state index contributed by atoms with van der Waals surface area (Å²) in [6.07, 6.45) is 1.20. The molecule has 1 saturated heterocycles. The topological polar surface area (TPSA) is 71.9 Å². The first-order valence-corrected chi connectivity index (χ1v) is 12.2. The zero-order chi connectivity index (χ0) is 25.3. The third-order valence-electron chi connectivity index (χ3n) is 6.40. The summed E-state index contributed by atoms with van der Waals surface area (Å²) in [5.41, 5.74) is 5.01. The molecule has 0 aliphatic carbocycles. The highest BCUT2D eigenvalue weighted by Crippen LogP contribution is 2.45. The van der Waals surface area contributed by atoms with Crippen molar-refractivity contribution in [3.63, 3.8) is 0 Å². The molecule has 1 fully saturated rings. The number of ether oxygens (including phenoxy) is 2. The van der Waals surface area contributed by atoms with E-state index in [-0.39, 0.29) is 17.8 Å². The van der Waals surface area contributed by atoms with Gasteiger partial charge < -0.3 is 19.5 Å². The maximum Gasteiger partial charge on any atom is 0.340 e. The highest BCUT2D eigenvalue weighted by molar-refractivity contribution is 5.88. The first kappa shape index (κ1) is 26.0. The van der Waals surface area contributed by atoms with Gasteiger partial charge in [-0.15, -0.1) is 0 Å². The second-order valence-electron chi connectivity index (χ2n) is 11.0. The number of rotatable bonds is 6. The Hall–Kier alpha value is -2.60. The molecule has 6 heteroatoms. The fourth-order valence-corrected chi connectivity index (χ4v) is 4.59. The number of carbonyl (C=O) groups excluding carboxylic acids is 1. The van der Waals surface area contributed by atoms with E-state index in [2.05, 4.69) is 18.7 Å². The molecule has 0 bridgehead atoms. The number of anilines is 1. The molecule has 1 aromatic heterocycles. The van der Waals surface area contributed by atoms with Crippen LogP contribution in [0.25, 0.3) is 11.1 Å². The van der Waals surface area contributed by atoms with Crippen LogP contribution in [0.15, 0.2) is 24.3 Å². The minimum atomic E-state index is -0.895. The van der Waals surface area contributed by atoms with E-state index >= 15 is 0 Å². The van der Waals surface area contributed by atoms with E-state index in [1.807, 2.05) is 53.7 Å². The molecule has 0 amide bonds. The Morgan fingerprint density at radius 3 is 2.24 bits per heavy atom. The third-order valence-corrected chi connectivity index (χ3v) is 6.40. The number of pyridine rings is 1. The van der Waals surface area contributed by atoms with E-state index in [4.69, 9.17) is 14.5 Å². The van der Waals surface area contributed by atoms with Crippen molar-refractivity contribution >= 4 is 11.7 Å². The first-order valence-electron chi connectivity index (χ1n) is 12.2. The molecule has 1 aromatic carbocycles. The van der Waals surface area contributed by atoms with Crippen molar-refractivity contribution in [3.8, 4) is 16.9 Å². The van der Waals surface area contributed by atoms with Crippen molar-refractivity contribution in [2.45, 2.75) is 79.9 Å². The van der Waals surface area contributed by atoms with Crippen LogP contribution >= 0.6 is 0 Å². The number of nitrogens with zero attached hydrogens (tertiary/aromatic N) is 2. The number of piperidine rings is 1. The molecule has 2 aromatic rings. The Kier molecular flexibility index (Phi) is 7.61. The second-order valence-corrected chi connectivity index (χ2v) is 11.0. The van der Waals surface area contributed by atoms with Gasteiger partial charge in [-0.05, 0) is 77.5 Å². The molecule has 6 nitrogen and oxygen atoms in total. The van der Waals surface area contributed by atoms with E-state index in [0.717, 1.165) is 59.7 Å². The Bertz CT molecular complexity index is 1010. The van der Waals surface area contributed by atoms with Gasteiger partial charge in [0.05, 0.1) is 17.9 Å². The van der Waals surface area contributed by atoms with Gasteiger partial charge in [0.15, 0.2) is 6.10 Å². The van der Waals surface area contributed by atoms with Gasteiger partial charge in [0.1, 0.15) is 5.75 Å². The minimum absolute atomic E-state index is 0.212. The Labute approximate surface area is 204 Å². The van der Waals surface area contributed by atoms with Crippen molar-refractivity contribution in [2.75, 3.05) is 24.6 Å². The molecule has 3 rings (SSSR count). The molecule has 1 aliphatic rings. The fraction of sp³-hybridized carbons (Fsp3) is 0.571. The molecule has 1 N–H and O–H groups in total. The van der Waals surface area contributed by atoms with Crippen LogP contribution in [0.1, 0.15) is 77.4 Å². The molecule has 186 valence electrons. The largest absolute Gasteiger partial charge is 0.508 e. The highest BCUT2D eigenvalue weighted by Gasteiger charge is 2.37. The maximum atomic E-state index is 13.3.